The van der Waals surface area contributed by atoms with Crippen LogP contribution in [0.4, 0.5) is 0 Å². The molecule has 0 unspecified atom stereocenters. The molecule has 5 aromatic rings. The zero-order valence-corrected chi connectivity index (χ0v) is 17.5. The third-order valence-electron chi connectivity index (χ3n) is 4.58. The molecular weight excluding hydrogens is 425 g/mol. The number of para-hydroxylation sites is 3. The van der Waals surface area contributed by atoms with Gasteiger partial charge in [0.15, 0.2) is 5.16 Å². The van der Waals surface area contributed by atoms with Crippen LogP contribution in [0.25, 0.3) is 27.6 Å². The predicted molar refractivity (Wildman–Crippen MR) is 121 cm³/mol. The number of rotatable bonds is 5. The number of hydrogen-bond donors (Lipinski definition) is 0. The lowest BCUT2D eigenvalue weighted by Gasteiger charge is -2.10. The summed E-state index contributed by atoms with van der Waals surface area (Å²) in [7, 11) is 0. The highest BCUT2D eigenvalue weighted by Crippen LogP contribution is 2.30. The first-order valence-corrected chi connectivity index (χ1v) is 10.8. The molecule has 0 aliphatic rings. The molecule has 0 spiro atoms. The molecule has 5 rings (SSSR count). The van der Waals surface area contributed by atoms with E-state index in [1.165, 1.54) is 0 Å². The highest BCUT2D eigenvalue weighted by Gasteiger charge is 2.14. The summed E-state index contributed by atoms with van der Waals surface area (Å²) in [5.41, 5.74) is 3.85. The van der Waals surface area contributed by atoms with Crippen molar-refractivity contribution in [2.24, 2.45) is 0 Å². The van der Waals surface area contributed by atoms with Gasteiger partial charge in [0.1, 0.15) is 11.4 Å². The molecule has 2 aromatic heterocycles. The summed E-state index contributed by atoms with van der Waals surface area (Å²) in [5.74, 6) is 1.34. The number of benzene rings is 3. The Morgan fingerprint density at radius 2 is 1.69 bits per heavy atom. The molecular formula is C22H15Cl2N3OS. The maximum absolute atomic E-state index is 6.18. The minimum absolute atomic E-state index is 0.495. The lowest BCUT2D eigenvalue weighted by Crippen LogP contribution is -2.03. The molecule has 0 aliphatic carbocycles. The Labute approximate surface area is 181 Å². The quantitative estimate of drug-likeness (QED) is 0.177. The monoisotopic (exact) mass is 439 g/mol. The van der Waals surface area contributed by atoms with Crippen LogP contribution in [0, 0.1) is 0 Å². The van der Waals surface area contributed by atoms with Gasteiger partial charge in [-0.15, -0.1) is 0 Å². The van der Waals surface area contributed by atoms with E-state index in [1.54, 1.807) is 30.0 Å². The highest BCUT2D eigenvalue weighted by atomic mass is 35.5. The molecule has 144 valence electrons. The van der Waals surface area contributed by atoms with Gasteiger partial charge in [0.2, 0.25) is 0 Å². The summed E-state index contributed by atoms with van der Waals surface area (Å²) in [6.45, 7) is 0.495. The van der Waals surface area contributed by atoms with E-state index in [0.717, 1.165) is 32.7 Å². The first kappa shape index (κ1) is 18.6. The molecule has 3 aromatic carbocycles. The second-order valence-corrected chi connectivity index (χ2v) is 8.35. The van der Waals surface area contributed by atoms with Gasteiger partial charge >= 0.3 is 0 Å². The van der Waals surface area contributed by atoms with Gasteiger partial charge in [0, 0.05) is 16.2 Å². The summed E-state index contributed by atoms with van der Waals surface area (Å²) >= 11 is 13.7. The third kappa shape index (κ3) is 3.50. The van der Waals surface area contributed by atoms with Gasteiger partial charge in [-0.3, -0.25) is 4.40 Å². The maximum Gasteiger partial charge on any atom is 0.174 e. The van der Waals surface area contributed by atoms with Crippen LogP contribution in [0.15, 0.2) is 71.9 Å². The van der Waals surface area contributed by atoms with Gasteiger partial charge in [-0.1, -0.05) is 59.2 Å². The predicted octanol–water partition coefficient (Wildman–Crippen LogP) is 6.51. The number of ether oxygens (including phenoxy) is 1. The van der Waals surface area contributed by atoms with E-state index < -0.39 is 0 Å². The van der Waals surface area contributed by atoms with Crippen molar-refractivity contribution in [2.45, 2.75) is 5.16 Å². The standard InChI is InChI=1S/C22H15Cl2N3OS/c23-14-9-10-20(16(24)13-14)28-11-12-29-22-26-17-6-2-1-5-15(17)21-25-18-7-3-4-8-19(18)27(21)22/h1-10,13H,11-12H2. The largest absolute Gasteiger partial charge is 0.491 e. The van der Waals surface area contributed by atoms with Gasteiger partial charge in [-0.2, -0.15) is 0 Å². The zero-order valence-electron chi connectivity index (χ0n) is 15.2. The Morgan fingerprint density at radius 1 is 0.897 bits per heavy atom. The summed E-state index contributed by atoms with van der Waals surface area (Å²) in [4.78, 5) is 9.73. The summed E-state index contributed by atoms with van der Waals surface area (Å²) in [6, 6.07) is 21.4. The smallest absolute Gasteiger partial charge is 0.174 e. The average molecular weight is 440 g/mol. The van der Waals surface area contributed by atoms with Crippen molar-refractivity contribution < 1.29 is 4.74 Å². The van der Waals surface area contributed by atoms with E-state index in [1.807, 2.05) is 36.4 Å². The fraction of sp³-hybridized carbons (Fsp3) is 0.0909. The molecule has 0 amide bonds. The van der Waals surface area contributed by atoms with E-state index in [9.17, 15) is 0 Å². The van der Waals surface area contributed by atoms with Crippen LogP contribution >= 0.6 is 35.0 Å². The van der Waals surface area contributed by atoms with E-state index in [-0.39, 0.29) is 0 Å². The van der Waals surface area contributed by atoms with Gasteiger partial charge in [-0.25, -0.2) is 9.97 Å². The number of nitrogens with zero attached hydrogens (tertiary/aromatic N) is 3. The Balaban J connectivity index is 1.47. The molecule has 0 atom stereocenters. The molecule has 0 N–H and O–H groups in total. The second kappa shape index (κ2) is 7.75. The maximum atomic E-state index is 6.18. The van der Waals surface area contributed by atoms with Crippen LogP contribution < -0.4 is 4.74 Å². The van der Waals surface area contributed by atoms with E-state index in [4.69, 9.17) is 37.9 Å². The highest BCUT2D eigenvalue weighted by molar-refractivity contribution is 7.99. The Kier molecular flexibility index (Phi) is 4.96. The van der Waals surface area contributed by atoms with Gasteiger partial charge in [0.25, 0.3) is 0 Å². The third-order valence-corrected chi connectivity index (χ3v) is 6.01. The lowest BCUT2D eigenvalue weighted by molar-refractivity contribution is 0.344. The van der Waals surface area contributed by atoms with E-state index in [0.29, 0.717) is 28.2 Å². The number of halogens is 2. The average Bonchev–Trinajstić information content (AvgIpc) is 3.12. The molecule has 0 saturated heterocycles. The zero-order chi connectivity index (χ0) is 19.8. The molecule has 0 aliphatic heterocycles. The SMILES string of the molecule is Clc1ccc(OCCSc2nc3ccccc3c3nc4ccccc4n23)c(Cl)c1. The van der Waals surface area contributed by atoms with Crippen molar-refractivity contribution in [1.82, 2.24) is 14.4 Å². The summed E-state index contributed by atoms with van der Waals surface area (Å²) in [5, 5.41) is 3.02. The molecule has 2 heterocycles. The Bertz CT molecular complexity index is 1350. The van der Waals surface area contributed by atoms with Crippen LogP contribution in [0.3, 0.4) is 0 Å². The summed E-state index contributed by atoms with van der Waals surface area (Å²) in [6.07, 6.45) is 0. The van der Waals surface area contributed by atoms with E-state index in [2.05, 4.69) is 16.5 Å². The second-order valence-electron chi connectivity index (χ2n) is 6.44. The number of thioether (sulfide) groups is 1. The molecule has 0 saturated carbocycles. The minimum Gasteiger partial charge on any atom is -0.491 e. The molecule has 4 nitrogen and oxygen atoms in total. The number of imidazole rings is 1. The first-order chi connectivity index (χ1) is 14.2. The topological polar surface area (TPSA) is 39.4 Å². The van der Waals surface area contributed by atoms with Crippen LogP contribution in [0.2, 0.25) is 10.0 Å². The van der Waals surface area contributed by atoms with Crippen molar-refractivity contribution in [3.05, 3.63) is 76.8 Å². The van der Waals surface area contributed by atoms with Crippen LogP contribution in [0.5, 0.6) is 5.75 Å². The van der Waals surface area contributed by atoms with Crippen molar-refractivity contribution >= 4 is 62.5 Å². The van der Waals surface area contributed by atoms with Crippen molar-refractivity contribution in [2.75, 3.05) is 12.4 Å². The van der Waals surface area contributed by atoms with Crippen LogP contribution in [-0.2, 0) is 0 Å². The van der Waals surface area contributed by atoms with E-state index >= 15 is 0 Å². The Hall–Kier alpha value is -2.47. The number of hydrogen-bond acceptors (Lipinski definition) is 4. The molecule has 0 fully saturated rings. The number of fused-ring (bicyclic) bond motifs is 5. The van der Waals surface area contributed by atoms with Crippen LogP contribution in [0.1, 0.15) is 0 Å². The fourth-order valence-electron chi connectivity index (χ4n) is 3.29. The number of aromatic nitrogens is 3. The molecule has 0 radical (unpaired) electrons. The minimum atomic E-state index is 0.495. The molecule has 29 heavy (non-hydrogen) atoms. The lowest BCUT2D eigenvalue weighted by atomic mass is 10.2. The van der Waals surface area contributed by atoms with Crippen LogP contribution in [-0.4, -0.2) is 26.7 Å². The van der Waals surface area contributed by atoms with Gasteiger partial charge in [0.05, 0.1) is 28.2 Å². The molecule has 7 heteroatoms. The normalized spacial score (nSPS) is 11.5. The first-order valence-electron chi connectivity index (χ1n) is 9.07. The molecule has 0 bridgehead atoms. The van der Waals surface area contributed by atoms with Crippen molar-refractivity contribution in [3.63, 3.8) is 0 Å². The summed E-state index contributed by atoms with van der Waals surface area (Å²) < 4.78 is 7.94. The van der Waals surface area contributed by atoms with Gasteiger partial charge < -0.3 is 4.74 Å². The van der Waals surface area contributed by atoms with Crippen molar-refractivity contribution in [3.8, 4) is 5.75 Å². The Morgan fingerprint density at radius 3 is 2.55 bits per heavy atom. The van der Waals surface area contributed by atoms with Crippen molar-refractivity contribution in [1.29, 1.82) is 0 Å². The van der Waals surface area contributed by atoms with Gasteiger partial charge in [-0.05, 0) is 42.5 Å². The fourth-order valence-corrected chi connectivity index (χ4v) is 4.58.